The predicted octanol–water partition coefficient (Wildman–Crippen LogP) is -5.95. The van der Waals surface area contributed by atoms with Crippen molar-refractivity contribution in [2.24, 2.45) is 0 Å². The van der Waals surface area contributed by atoms with E-state index in [9.17, 15) is 28.7 Å². The van der Waals surface area contributed by atoms with Crippen LogP contribution in [0.5, 0.6) is 0 Å². The molecule has 0 spiro atoms. The van der Waals surface area contributed by atoms with E-state index >= 15 is 0 Å². The maximum Gasteiger partial charge on any atom is 4.00 e. The fraction of sp³-hybridized carbons (Fsp3) is 1.00. The summed E-state index contributed by atoms with van der Waals surface area (Å²) in [6.45, 7) is 0. The molecule has 10 nitrogen and oxygen atoms in total. The van der Waals surface area contributed by atoms with Gasteiger partial charge in [-0.15, -0.1) is 0 Å². The normalized spacial score (nSPS) is 9.47. The van der Waals surface area contributed by atoms with Crippen molar-refractivity contribution in [1.29, 1.82) is 0 Å². The van der Waals surface area contributed by atoms with Crippen LogP contribution in [0.2, 0.25) is 0 Å². The Balaban J connectivity index is -0.0000000370. The summed E-state index contributed by atoms with van der Waals surface area (Å²) in [5, 5.41) is 15.0. The average molecular weight is 347 g/mol. The van der Waals surface area contributed by atoms with E-state index < -0.39 is 27.9 Å². The molecule has 0 saturated heterocycles. The van der Waals surface area contributed by atoms with Crippen molar-refractivity contribution in [2.45, 2.75) is 0 Å². The van der Waals surface area contributed by atoms with Crippen LogP contribution in [0.25, 0.3) is 0 Å². The molecule has 0 aromatic carbocycles. The topological polar surface area (TPSA) is 230 Å². The van der Waals surface area contributed by atoms with E-state index in [-0.39, 0.29) is 37.2 Å². The summed E-state index contributed by atoms with van der Waals surface area (Å²) < 4.78 is 18.4. The van der Waals surface area contributed by atoms with E-state index in [0.29, 0.717) is 0 Å². The molecule has 13 heteroatoms. The molecule has 15 heavy (non-hydrogen) atoms. The molecular formula is C2H10O10P2Zr. The molecule has 0 fully saturated rings. The zero-order valence-corrected chi connectivity index (χ0v) is 11.4. The van der Waals surface area contributed by atoms with E-state index in [0.717, 1.165) is 0 Å². The van der Waals surface area contributed by atoms with Crippen LogP contribution in [-0.2, 0) is 35.3 Å². The maximum absolute atomic E-state index is 9.22. The van der Waals surface area contributed by atoms with Gasteiger partial charge in [0.05, 0.1) is 12.7 Å². The fourth-order valence-electron chi connectivity index (χ4n) is 0. The Labute approximate surface area is 104 Å². The van der Waals surface area contributed by atoms with Crippen LogP contribution < -0.4 is 19.6 Å². The van der Waals surface area contributed by atoms with Gasteiger partial charge in [0.15, 0.2) is 0 Å². The Hall–Kier alpha value is 1.02. The molecule has 0 unspecified atom stereocenters. The fourth-order valence-corrected chi connectivity index (χ4v) is 0. The summed E-state index contributed by atoms with van der Waals surface area (Å²) in [6.07, 6.45) is -2.57. The van der Waals surface area contributed by atoms with Gasteiger partial charge in [-0.25, -0.2) is 0 Å². The van der Waals surface area contributed by atoms with Gasteiger partial charge in [0.25, 0.3) is 0 Å². The SMILES string of the molecule is O.O.O=P([O-])([O-])CO.O=P([O-])([O-])CO.[Zr+4]. The Morgan fingerprint density at radius 3 is 0.867 bits per heavy atom. The summed E-state index contributed by atoms with van der Waals surface area (Å²) in [5.41, 5.74) is 0. The molecular weight excluding hydrogens is 337 g/mol. The Morgan fingerprint density at radius 2 is 0.867 bits per heavy atom. The first-order valence-electron chi connectivity index (χ1n) is 2.36. The molecule has 6 N–H and O–H groups in total. The minimum atomic E-state index is -4.59. The van der Waals surface area contributed by atoms with Crippen LogP contribution in [-0.4, -0.2) is 33.9 Å². The molecule has 0 amide bonds. The van der Waals surface area contributed by atoms with E-state index in [4.69, 9.17) is 10.2 Å². The second-order valence-electron chi connectivity index (χ2n) is 1.50. The number of rotatable bonds is 2. The van der Waals surface area contributed by atoms with Gasteiger partial charge in [0, 0.05) is 0 Å². The average Bonchev–Trinajstić information content (AvgIpc) is 1.86. The summed E-state index contributed by atoms with van der Waals surface area (Å²) in [7, 11) is -9.18. The molecule has 0 aromatic heterocycles. The Bertz CT molecular complexity index is 172. The molecule has 0 saturated carbocycles. The summed E-state index contributed by atoms with van der Waals surface area (Å²) in [5.74, 6) is 0. The minimum Gasteiger partial charge on any atom is -0.809 e. The van der Waals surface area contributed by atoms with Crippen molar-refractivity contribution in [1.82, 2.24) is 0 Å². The minimum absolute atomic E-state index is 0. The van der Waals surface area contributed by atoms with Gasteiger partial charge in [-0.05, 0) is 15.2 Å². The number of hydrogen-bond donors (Lipinski definition) is 2. The third-order valence-corrected chi connectivity index (χ3v) is 1.04. The number of aliphatic hydroxyl groups is 2. The molecule has 0 aliphatic heterocycles. The zero-order chi connectivity index (χ0) is 10.4. The van der Waals surface area contributed by atoms with E-state index in [1.807, 2.05) is 0 Å². The van der Waals surface area contributed by atoms with E-state index in [2.05, 4.69) is 0 Å². The maximum atomic E-state index is 9.22. The first kappa shape index (κ1) is 29.8. The van der Waals surface area contributed by atoms with Gasteiger partial charge in [-0.1, -0.05) is 0 Å². The smallest absolute Gasteiger partial charge is 0.809 e. The number of hydrogen-bond acceptors (Lipinski definition) is 8. The van der Waals surface area contributed by atoms with Crippen LogP contribution in [0.3, 0.4) is 0 Å². The summed E-state index contributed by atoms with van der Waals surface area (Å²) >= 11 is 0. The van der Waals surface area contributed by atoms with E-state index in [1.165, 1.54) is 0 Å². The second kappa shape index (κ2) is 13.1. The second-order valence-corrected chi connectivity index (χ2v) is 4.51. The van der Waals surface area contributed by atoms with Crippen molar-refractivity contribution in [2.75, 3.05) is 12.7 Å². The van der Waals surface area contributed by atoms with Gasteiger partial charge in [0.2, 0.25) is 0 Å². The molecule has 0 bridgehead atoms. The van der Waals surface area contributed by atoms with Gasteiger partial charge < -0.3 is 49.9 Å². The van der Waals surface area contributed by atoms with E-state index in [1.54, 1.807) is 0 Å². The third kappa shape index (κ3) is 51.7. The van der Waals surface area contributed by atoms with Crippen molar-refractivity contribution in [3.8, 4) is 0 Å². The number of aliphatic hydroxyl groups excluding tert-OH is 2. The standard InChI is InChI=1S/2CH5O4P.2H2O.Zr/c2*2-1-6(3,4)5;;;/h2*2H,1H2,(H2,3,4,5);2*1H2;/q;;;;+4/p-4. The van der Waals surface area contributed by atoms with Crippen molar-refractivity contribution >= 4 is 15.2 Å². The molecule has 92 valence electrons. The Morgan fingerprint density at radius 1 is 0.800 bits per heavy atom. The molecule has 0 atom stereocenters. The van der Waals surface area contributed by atoms with Crippen molar-refractivity contribution in [3.05, 3.63) is 0 Å². The van der Waals surface area contributed by atoms with Gasteiger partial charge in [-0.2, -0.15) is 0 Å². The van der Waals surface area contributed by atoms with Crippen LogP contribution in [0.15, 0.2) is 0 Å². The van der Waals surface area contributed by atoms with Crippen LogP contribution in [0, 0.1) is 0 Å². The largest absolute Gasteiger partial charge is 4.00 e. The molecule has 0 radical (unpaired) electrons. The molecule has 0 aromatic rings. The van der Waals surface area contributed by atoms with Crippen LogP contribution in [0.1, 0.15) is 0 Å². The van der Waals surface area contributed by atoms with Crippen molar-refractivity contribution in [3.63, 3.8) is 0 Å². The zero-order valence-electron chi connectivity index (χ0n) is 7.15. The molecule has 0 rings (SSSR count). The van der Waals surface area contributed by atoms with Gasteiger partial charge >= 0.3 is 26.2 Å². The molecule has 0 aliphatic rings. The summed E-state index contributed by atoms with van der Waals surface area (Å²) in [4.78, 5) is 36.9. The van der Waals surface area contributed by atoms with Crippen molar-refractivity contribution < 1.29 is 76.1 Å². The quantitative estimate of drug-likeness (QED) is 0.455. The Kier molecular flexibility index (Phi) is 26.0. The molecule has 0 aliphatic carbocycles. The first-order chi connectivity index (χ1) is 5.12. The monoisotopic (exact) mass is 346 g/mol. The molecule has 0 heterocycles. The van der Waals surface area contributed by atoms with Gasteiger partial charge in [0.1, 0.15) is 0 Å². The third-order valence-electron chi connectivity index (χ3n) is 0.346. The van der Waals surface area contributed by atoms with Crippen LogP contribution in [0.4, 0.5) is 0 Å². The summed E-state index contributed by atoms with van der Waals surface area (Å²) in [6, 6.07) is 0. The predicted molar refractivity (Wildman–Crippen MR) is 36.6 cm³/mol. The van der Waals surface area contributed by atoms with Crippen LogP contribution >= 0.6 is 15.2 Å². The van der Waals surface area contributed by atoms with Gasteiger partial charge in [-0.3, -0.25) is 0 Å². The first-order valence-corrected chi connectivity index (χ1v) is 5.82.